The number of carboxylic acid groups (broad SMARTS) is 1. The molecule has 1 aromatic heterocycles. The Labute approximate surface area is 63.9 Å². The van der Waals surface area contributed by atoms with Crippen molar-refractivity contribution in [1.29, 1.82) is 0 Å². The Morgan fingerprint density at radius 2 is 2.27 bits per heavy atom. The first-order chi connectivity index (χ1) is 5.11. The Morgan fingerprint density at radius 3 is 2.73 bits per heavy atom. The summed E-state index contributed by atoms with van der Waals surface area (Å²) in [5.41, 5.74) is 5.70. The van der Waals surface area contributed by atoms with E-state index in [0.29, 0.717) is 5.82 Å². The van der Waals surface area contributed by atoms with Gasteiger partial charge in [0.1, 0.15) is 6.20 Å². The van der Waals surface area contributed by atoms with E-state index in [0.717, 1.165) is 0 Å². The molecule has 3 N–H and O–H groups in total. The first-order valence-electron chi connectivity index (χ1n) is 3.09. The van der Waals surface area contributed by atoms with E-state index >= 15 is 0 Å². The monoisotopic (exact) mass is 153 g/mol. The van der Waals surface area contributed by atoms with Gasteiger partial charge in [-0.25, -0.2) is 9.36 Å². The largest absolute Gasteiger partial charge is 0.478 e. The lowest BCUT2D eigenvalue weighted by Gasteiger charge is -1.96. The Morgan fingerprint density at radius 1 is 1.64 bits per heavy atom. The zero-order valence-corrected chi connectivity index (χ0v) is 6.11. The predicted octanol–water partition coefficient (Wildman–Crippen LogP) is -0.209. The van der Waals surface area contributed by atoms with Crippen molar-refractivity contribution in [2.45, 2.75) is 0 Å². The molecule has 0 saturated heterocycles. The minimum absolute atomic E-state index is 0.238. The van der Waals surface area contributed by atoms with E-state index in [-0.39, 0.29) is 5.56 Å². The average Bonchev–Trinajstić information content (AvgIpc) is 1.94. The summed E-state index contributed by atoms with van der Waals surface area (Å²) in [5, 5.41) is 8.55. The fourth-order valence-electron chi connectivity index (χ4n) is 0.745. The zero-order valence-electron chi connectivity index (χ0n) is 6.11. The van der Waals surface area contributed by atoms with Crippen LogP contribution in [0.15, 0.2) is 18.3 Å². The highest BCUT2D eigenvalue weighted by molar-refractivity contribution is 5.86. The number of aromatic carboxylic acids is 1. The number of anilines is 1. The van der Waals surface area contributed by atoms with E-state index in [4.69, 9.17) is 10.8 Å². The molecule has 0 fully saturated rings. The summed E-state index contributed by atoms with van der Waals surface area (Å²) < 4.78 is 1.56. The van der Waals surface area contributed by atoms with Crippen LogP contribution >= 0.6 is 0 Å². The summed E-state index contributed by atoms with van der Waals surface area (Å²) in [6.45, 7) is 0. The lowest BCUT2D eigenvalue weighted by atomic mass is 10.3. The second-order valence-electron chi connectivity index (χ2n) is 2.26. The molecule has 0 aliphatic carbocycles. The van der Waals surface area contributed by atoms with Gasteiger partial charge in [-0.05, 0) is 6.07 Å². The molecule has 58 valence electrons. The Bertz CT molecular complexity index is 296. The van der Waals surface area contributed by atoms with Crippen molar-refractivity contribution < 1.29 is 14.5 Å². The number of aryl methyl sites for hydroxylation is 1. The van der Waals surface area contributed by atoms with Gasteiger partial charge in [0.2, 0.25) is 0 Å². The van der Waals surface area contributed by atoms with Crippen molar-refractivity contribution in [3.8, 4) is 0 Å². The van der Waals surface area contributed by atoms with Crippen molar-refractivity contribution in [2.75, 3.05) is 5.73 Å². The Balaban J connectivity index is 3.15. The van der Waals surface area contributed by atoms with Gasteiger partial charge < -0.3 is 5.11 Å². The van der Waals surface area contributed by atoms with Crippen LogP contribution in [0.25, 0.3) is 0 Å². The fourth-order valence-corrected chi connectivity index (χ4v) is 0.745. The molecule has 0 aromatic carbocycles. The third-order valence-corrected chi connectivity index (χ3v) is 1.42. The lowest BCUT2D eigenvalue weighted by molar-refractivity contribution is -0.657. The third kappa shape index (κ3) is 1.46. The second kappa shape index (κ2) is 2.57. The van der Waals surface area contributed by atoms with Crippen LogP contribution in [0.3, 0.4) is 0 Å². The molecule has 0 atom stereocenters. The molecule has 1 heterocycles. The third-order valence-electron chi connectivity index (χ3n) is 1.42. The summed E-state index contributed by atoms with van der Waals surface area (Å²) in [5.74, 6) is -0.407. The van der Waals surface area contributed by atoms with E-state index in [2.05, 4.69) is 0 Å². The Kier molecular flexibility index (Phi) is 1.76. The molecule has 0 amide bonds. The number of carboxylic acids is 1. The number of carbonyl (C=O) groups is 1. The van der Waals surface area contributed by atoms with Gasteiger partial charge >= 0.3 is 5.97 Å². The maximum absolute atomic E-state index is 10.4. The van der Waals surface area contributed by atoms with Crippen LogP contribution in [-0.4, -0.2) is 11.1 Å². The quantitative estimate of drug-likeness (QED) is 0.548. The molecule has 0 aliphatic rings. The van der Waals surface area contributed by atoms with Gasteiger partial charge in [-0.2, -0.15) is 0 Å². The van der Waals surface area contributed by atoms with Gasteiger partial charge in [-0.3, -0.25) is 5.73 Å². The van der Waals surface area contributed by atoms with Crippen molar-refractivity contribution in [1.82, 2.24) is 0 Å². The van der Waals surface area contributed by atoms with E-state index in [1.807, 2.05) is 0 Å². The Hall–Kier alpha value is -1.58. The predicted molar refractivity (Wildman–Crippen MR) is 39.0 cm³/mol. The van der Waals surface area contributed by atoms with Crippen molar-refractivity contribution in [3.05, 3.63) is 23.9 Å². The smallest absolute Gasteiger partial charge is 0.339 e. The lowest BCUT2D eigenvalue weighted by Crippen LogP contribution is -2.32. The summed E-state index contributed by atoms with van der Waals surface area (Å²) >= 11 is 0. The molecule has 4 heteroatoms. The SMILES string of the molecule is C[n+]1cc(C(=O)O)ccc1N. The van der Waals surface area contributed by atoms with Gasteiger partial charge in [-0.15, -0.1) is 0 Å². The van der Waals surface area contributed by atoms with Gasteiger partial charge in [0.25, 0.3) is 5.82 Å². The van der Waals surface area contributed by atoms with Crippen LogP contribution in [0.1, 0.15) is 10.4 Å². The molecule has 0 unspecified atom stereocenters. The first kappa shape index (κ1) is 7.53. The minimum Gasteiger partial charge on any atom is -0.478 e. The minimum atomic E-state index is -0.944. The maximum atomic E-state index is 10.4. The molecular weight excluding hydrogens is 144 g/mol. The average molecular weight is 153 g/mol. The number of nitrogens with two attached hydrogens (primary N) is 1. The van der Waals surface area contributed by atoms with Crippen LogP contribution in [0.2, 0.25) is 0 Å². The van der Waals surface area contributed by atoms with Crippen LogP contribution in [0, 0.1) is 0 Å². The summed E-state index contributed by atoms with van der Waals surface area (Å²) in [7, 11) is 1.70. The first-order valence-corrected chi connectivity index (χ1v) is 3.09. The number of rotatable bonds is 1. The fraction of sp³-hybridized carbons (Fsp3) is 0.143. The molecule has 0 bridgehead atoms. The summed E-state index contributed by atoms with van der Waals surface area (Å²) in [4.78, 5) is 10.4. The number of pyridine rings is 1. The van der Waals surface area contributed by atoms with Crippen molar-refractivity contribution in [3.63, 3.8) is 0 Å². The summed E-state index contributed by atoms with van der Waals surface area (Å²) in [6.07, 6.45) is 1.47. The number of nitrogens with zero attached hydrogens (tertiary/aromatic N) is 1. The van der Waals surface area contributed by atoms with Gasteiger partial charge in [0.15, 0.2) is 0 Å². The van der Waals surface area contributed by atoms with E-state index in [1.54, 1.807) is 17.7 Å². The maximum Gasteiger partial charge on any atom is 0.339 e. The highest BCUT2D eigenvalue weighted by Gasteiger charge is 2.06. The molecule has 4 nitrogen and oxygen atoms in total. The van der Waals surface area contributed by atoms with Crippen molar-refractivity contribution in [2.24, 2.45) is 7.05 Å². The van der Waals surface area contributed by atoms with Crippen LogP contribution in [0.5, 0.6) is 0 Å². The molecule has 0 radical (unpaired) electrons. The van der Waals surface area contributed by atoms with Crippen LogP contribution in [0.4, 0.5) is 5.82 Å². The van der Waals surface area contributed by atoms with Gasteiger partial charge in [-0.1, -0.05) is 0 Å². The standard InChI is InChI=1S/C7H8N2O2/c1-9-4-5(7(10)11)2-3-6(9)8/h2-4,8H,1H3,(H,10,11)/p+1. The van der Waals surface area contributed by atoms with E-state index in [1.165, 1.54) is 12.3 Å². The number of aromatic nitrogens is 1. The topological polar surface area (TPSA) is 67.2 Å². The highest BCUT2D eigenvalue weighted by Crippen LogP contribution is 1.97. The van der Waals surface area contributed by atoms with E-state index < -0.39 is 5.97 Å². The molecule has 0 aliphatic heterocycles. The number of nitrogen functional groups attached to an aromatic ring is 1. The zero-order chi connectivity index (χ0) is 8.43. The number of hydrogen-bond acceptors (Lipinski definition) is 2. The second-order valence-corrected chi connectivity index (χ2v) is 2.26. The van der Waals surface area contributed by atoms with Crippen molar-refractivity contribution >= 4 is 11.8 Å². The van der Waals surface area contributed by atoms with Gasteiger partial charge in [0.05, 0.1) is 12.6 Å². The molecule has 1 rings (SSSR count). The normalized spacial score (nSPS) is 9.55. The molecule has 11 heavy (non-hydrogen) atoms. The van der Waals surface area contributed by atoms with Crippen LogP contribution in [-0.2, 0) is 7.05 Å². The number of hydrogen-bond donors (Lipinski definition) is 2. The highest BCUT2D eigenvalue weighted by atomic mass is 16.4. The molecule has 0 saturated carbocycles. The molecular formula is C7H9N2O2+. The molecule has 0 spiro atoms. The molecule has 1 aromatic rings. The summed E-state index contributed by atoms with van der Waals surface area (Å²) in [6, 6.07) is 3.03. The van der Waals surface area contributed by atoms with E-state index in [9.17, 15) is 4.79 Å². The van der Waals surface area contributed by atoms with Gasteiger partial charge in [0, 0.05) is 6.07 Å². The van der Waals surface area contributed by atoms with Crippen LogP contribution < -0.4 is 10.3 Å².